The Hall–Kier alpha value is -3.71. The number of amides is 1. The van der Waals surface area contributed by atoms with Crippen molar-refractivity contribution in [1.29, 1.82) is 0 Å². The smallest absolute Gasteiger partial charge is 0.256 e. The molecule has 0 radical (unpaired) electrons. The van der Waals surface area contributed by atoms with Gasteiger partial charge >= 0.3 is 0 Å². The molecule has 0 saturated carbocycles. The van der Waals surface area contributed by atoms with Gasteiger partial charge in [0.15, 0.2) is 0 Å². The van der Waals surface area contributed by atoms with Crippen molar-refractivity contribution in [3.63, 3.8) is 0 Å². The highest BCUT2D eigenvalue weighted by Crippen LogP contribution is 2.30. The average molecular weight is 490 g/mol. The van der Waals surface area contributed by atoms with Crippen LogP contribution in [0.15, 0.2) is 88.1 Å². The molecular formula is C25H20BrN3O3. The second-order valence-electron chi connectivity index (χ2n) is 7.08. The van der Waals surface area contributed by atoms with E-state index >= 15 is 0 Å². The number of nitrogens with one attached hydrogen (secondary N) is 1. The first kappa shape index (κ1) is 21.5. The summed E-state index contributed by atoms with van der Waals surface area (Å²) < 4.78 is 7.80. The molecule has 1 aromatic heterocycles. The zero-order chi connectivity index (χ0) is 22.7. The number of benzene rings is 3. The molecule has 160 valence electrons. The quantitative estimate of drug-likeness (QED) is 0.416. The van der Waals surface area contributed by atoms with E-state index in [1.54, 1.807) is 61.2 Å². The maximum absolute atomic E-state index is 13.3. The highest BCUT2D eigenvalue weighted by atomic mass is 79.9. The van der Waals surface area contributed by atoms with Crippen LogP contribution in [0, 0.1) is 6.92 Å². The molecule has 0 spiro atoms. The van der Waals surface area contributed by atoms with Gasteiger partial charge in [0.2, 0.25) is 5.43 Å². The van der Waals surface area contributed by atoms with E-state index < -0.39 is 0 Å². The van der Waals surface area contributed by atoms with Crippen molar-refractivity contribution in [2.24, 2.45) is 0 Å². The third-order valence-corrected chi connectivity index (χ3v) is 5.48. The molecule has 4 rings (SSSR count). The van der Waals surface area contributed by atoms with Crippen LogP contribution in [0.2, 0.25) is 0 Å². The van der Waals surface area contributed by atoms with Crippen LogP contribution >= 0.6 is 15.9 Å². The van der Waals surface area contributed by atoms with Gasteiger partial charge in [-0.2, -0.15) is 5.10 Å². The molecule has 1 heterocycles. The number of hydrogen-bond donors (Lipinski definition) is 1. The van der Waals surface area contributed by atoms with Gasteiger partial charge in [-0.25, -0.2) is 4.68 Å². The first-order valence-electron chi connectivity index (χ1n) is 9.88. The molecule has 0 saturated heterocycles. The second kappa shape index (κ2) is 9.20. The molecule has 7 heteroatoms. The van der Waals surface area contributed by atoms with Crippen molar-refractivity contribution in [1.82, 2.24) is 9.78 Å². The lowest BCUT2D eigenvalue weighted by molar-refractivity contribution is 0.102. The fraction of sp³-hybridized carbons (Fsp3) is 0.0800. The molecule has 3 aromatic carbocycles. The minimum Gasteiger partial charge on any atom is -0.497 e. The number of methoxy groups -OCH3 is 1. The zero-order valence-corrected chi connectivity index (χ0v) is 19.1. The Morgan fingerprint density at radius 3 is 2.41 bits per heavy atom. The van der Waals surface area contributed by atoms with Gasteiger partial charge in [-0.1, -0.05) is 46.3 Å². The Labute approximate surface area is 193 Å². The molecule has 0 atom stereocenters. The van der Waals surface area contributed by atoms with Crippen LogP contribution in [-0.2, 0) is 0 Å². The van der Waals surface area contributed by atoms with Gasteiger partial charge < -0.3 is 10.1 Å². The summed E-state index contributed by atoms with van der Waals surface area (Å²) in [5, 5.41) is 7.41. The Bertz CT molecular complexity index is 1330. The van der Waals surface area contributed by atoms with E-state index in [1.165, 1.54) is 0 Å². The van der Waals surface area contributed by atoms with E-state index in [-0.39, 0.29) is 17.2 Å². The van der Waals surface area contributed by atoms with Crippen molar-refractivity contribution >= 4 is 27.7 Å². The average Bonchev–Trinajstić information content (AvgIpc) is 2.82. The van der Waals surface area contributed by atoms with Gasteiger partial charge in [-0.05, 0) is 61.0 Å². The zero-order valence-electron chi connectivity index (χ0n) is 17.5. The van der Waals surface area contributed by atoms with Crippen molar-refractivity contribution < 1.29 is 9.53 Å². The predicted octanol–water partition coefficient (Wildman–Crippen LogP) is 5.23. The number of hydrogen-bond acceptors (Lipinski definition) is 4. The van der Waals surface area contributed by atoms with E-state index in [4.69, 9.17) is 4.74 Å². The normalized spacial score (nSPS) is 10.6. The number of aryl methyl sites for hydroxylation is 1. The summed E-state index contributed by atoms with van der Waals surface area (Å²) in [6.45, 7) is 1.66. The van der Waals surface area contributed by atoms with Crippen LogP contribution < -0.4 is 15.5 Å². The third-order valence-electron chi connectivity index (χ3n) is 4.95. The third kappa shape index (κ3) is 4.33. The lowest BCUT2D eigenvalue weighted by atomic mass is 10.0. The van der Waals surface area contributed by atoms with Crippen LogP contribution in [0.3, 0.4) is 0 Å². The lowest BCUT2D eigenvalue weighted by Gasteiger charge is -2.18. The van der Waals surface area contributed by atoms with Crippen molar-refractivity contribution in [2.45, 2.75) is 6.92 Å². The molecule has 0 fully saturated rings. The number of aromatic nitrogens is 2. The van der Waals surface area contributed by atoms with Gasteiger partial charge in [0.05, 0.1) is 18.4 Å². The number of carbonyl (C=O) groups excluding carboxylic acids is 1. The summed E-state index contributed by atoms with van der Waals surface area (Å²) in [6.07, 6.45) is 0. The first-order chi connectivity index (χ1) is 15.5. The SMILES string of the molecule is COc1cccc(-c2c(NC(=O)c3ccc(Br)cc3)n(-c3ccccc3)nc(C)c2=O)c1. The van der Waals surface area contributed by atoms with Gasteiger partial charge in [-0.15, -0.1) is 0 Å². The summed E-state index contributed by atoms with van der Waals surface area (Å²) in [5.74, 6) is 0.539. The minimum absolute atomic E-state index is 0.267. The van der Waals surface area contributed by atoms with E-state index in [0.717, 1.165) is 4.47 Å². The topological polar surface area (TPSA) is 73.2 Å². The van der Waals surface area contributed by atoms with Gasteiger partial charge in [0.25, 0.3) is 5.91 Å². The highest BCUT2D eigenvalue weighted by Gasteiger charge is 2.21. The summed E-state index contributed by atoms with van der Waals surface area (Å²) in [7, 11) is 1.56. The Morgan fingerprint density at radius 1 is 1.00 bits per heavy atom. The number of ether oxygens (including phenoxy) is 1. The summed E-state index contributed by atoms with van der Waals surface area (Å²) in [4.78, 5) is 26.4. The second-order valence-corrected chi connectivity index (χ2v) is 7.99. The molecule has 4 aromatic rings. The summed E-state index contributed by atoms with van der Waals surface area (Å²) in [5.41, 5.74) is 2.18. The van der Waals surface area contributed by atoms with E-state index in [1.807, 2.05) is 36.4 Å². The van der Waals surface area contributed by atoms with Gasteiger partial charge in [-0.3, -0.25) is 9.59 Å². The van der Waals surface area contributed by atoms with Crippen LogP contribution in [-0.4, -0.2) is 22.8 Å². The molecule has 0 unspecified atom stereocenters. The highest BCUT2D eigenvalue weighted by molar-refractivity contribution is 9.10. The monoisotopic (exact) mass is 489 g/mol. The lowest BCUT2D eigenvalue weighted by Crippen LogP contribution is -2.25. The largest absolute Gasteiger partial charge is 0.497 e. The molecule has 0 bridgehead atoms. The Balaban J connectivity index is 1.95. The minimum atomic E-state index is -0.351. The van der Waals surface area contributed by atoms with Crippen molar-refractivity contribution in [3.8, 4) is 22.6 Å². The van der Waals surface area contributed by atoms with Crippen molar-refractivity contribution in [2.75, 3.05) is 12.4 Å². The van der Waals surface area contributed by atoms with E-state index in [0.29, 0.717) is 33.8 Å². The number of rotatable bonds is 5. The summed E-state index contributed by atoms with van der Waals surface area (Å²) >= 11 is 3.38. The number of nitrogens with zero attached hydrogens (tertiary/aromatic N) is 2. The van der Waals surface area contributed by atoms with Gasteiger partial charge in [0, 0.05) is 10.0 Å². The van der Waals surface area contributed by atoms with Crippen LogP contribution in [0.4, 0.5) is 5.82 Å². The molecule has 0 aliphatic carbocycles. The number of para-hydroxylation sites is 1. The maximum atomic E-state index is 13.3. The van der Waals surface area contributed by atoms with Crippen LogP contribution in [0.25, 0.3) is 16.8 Å². The molecule has 32 heavy (non-hydrogen) atoms. The van der Waals surface area contributed by atoms with Crippen LogP contribution in [0.1, 0.15) is 16.1 Å². The van der Waals surface area contributed by atoms with Crippen molar-refractivity contribution in [3.05, 3.63) is 105 Å². The maximum Gasteiger partial charge on any atom is 0.256 e. The fourth-order valence-corrected chi connectivity index (χ4v) is 3.60. The molecular weight excluding hydrogens is 470 g/mol. The Morgan fingerprint density at radius 2 is 1.72 bits per heavy atom. The number of carbonyl (C=O) groups is 1. The standard InChI is InChI=1S/C25H20BrN3O3/c1-16-23(30)22(18-7-6-10-21(15-18)32-2)24(29(28-16)20-8-4-3-5-9-20)27-25(31)17-11-13-19(26)14-12-17/h3-15H,1-2H3,(H,27,31). The number of halogens is 1. The molecule has 0 aliphatic rings. The molecule has 1 N–H and O–H groups in total. The summed E-state index contributed by atoms with van der Waals surface area (Å²) in [6, 6.07) is 23.5. The fourth-order valence-electron chi connectivity index (χ4n) is 3.34. The Kier molecular flexibility index (Phi) is 6.18. The van der Waals surface area contributed by atoms with Crippen LogP contribution in [0.5, 0.6) is 5.75 Å². The molecule has 0 aliphatic heterocycles. The van der Waals surface area contributed by atoms with E-state index in [9.17, 15) is 9.59 Å². The van der Waals surface area contributed by atoms with E-state index in [2.05, 4.69) is 26.3 Å². The predicted molar refractivity (Wildman–Crippen MR) is 129 cm³/mol. The first-order valence-corrected chi connectivity index (χ1v) is 10.7. The van der Waals surface area contributed by atoms with Gasteiger partial charge in [0.1, 0.15) is 17.3 Å². The molecule has 6 nitrogen and oxygen atoms in total. The number of anilines is 1. The molecule has 1 amide bonds.